The quantitative estimate of drug-likeness (QED) is 0.850. The molecule has 1 aromatic carbocycles. The van der Waals surface area contributed by atoms with Crippen LogP contribution in [0.2, 0.25) is 0 Å². The van der Waals surface area contributed by atoms with E-state index in [1.807, 2.05) is 0 Å². The van der Waals surface area contributed by atoms with Crippen molar-refractivity contribution in [3.63, 3.8) is 0 Å². The predicted molar refractivity (Wildman–Crippen MR) is 72.7 cm³/mol. The summed E-state index contributed by atoms with van der Waals surface area (Å²) in [5.74, 6) is -2.08. The van der Waals surface area contributed by atoms with E-state index in [1.165, 1.54) is 6.20 Å². The highest BCUT2D eigenvalue weighted by Gasteiger charge is 2.35. The number of hydrogen-bond donors (Lipinski definition) is 2. The number of amides is 1. The minimum atomic E-state index is -0.976. The van der Waals surface area contributed by atoms with E-state index in [0.29, 0.717) is 16.6 Å². The number of hydrogen-bond acceptors (Lipinski definition) is 5. The van der Waals surface area contributed by atoms with Gasteiger partial charge in [0.2, 0.25) is 0 Å². The zero-order valence-corrected chi connectivity index (χ0v) is 11.0. The second-order valence-electron chi connectivity index (χ2n) is 4.79. The van der Waals surface area contributed by atoms with Crippen LogP contribution in [0.4, 0.5) is 0 Å². The van der Waals surface area contributed by atoms with Crippen LogP contribution in [0.5, 0.6) is 0 Å². The third-order valence-corrected chi connectivity index (χ3v) is 3.46. The van der Waals surface area contributed by atoms with Crippen molar-refractivity contribution in [3.05, 3.63) is 36.2 Å². The molecule has 2 aromatic rings. The van der Waals surface area contributed by atoms with Crippen molar-refractivity contribution in [2.45, 2.75) is 6.04 Å². The zero-order chi connectivity index (χ0) is 14.8. The lowest BCUT2D eigenvalue weighted by atomic mass is 10.0. The second-order valence-corrected chi connectivity index (χ2v) is 4.79. The molecule has 0 radical (unpaired) electrons. The number of nitrogens with zero attached hydrogens (tertiary/aromatic N) is 2. The average molecular weight is 287 g/mol. The number of nitrogens with one attached hydrogen (secondary N) is 1. The van der Waals surface area contributed by atoms with E-state index in [2.05, 4.69) is 15.3 Å². The number of aromatic nitrogens is 2. The van der Waals surface area contributed by atoms with Gasteiger partial charge in [-0.3, -0.25) is 19.6 Å². The minimum Gasteiger partial charge on any atom is -0.481 e. The summed E-state index contributed by atoms with van der Waals surface area (Å²) in [6.07, 6.45) is 3.06. The van der Waals surface area contributed by atoms with E-state index in [1.54, 1.807) is 24.4 Å². The normalized spacial score (nSPS) is 21.3. The number of benzene rings is 1. The van der Waals surface area contributed by atoms with Crippen molar-refractivity contribution in [2.24, 2.45) is 5.92 Å². The van der Waals surface area contributed by atoms with Crippen LogP contribution in [0.15, 0.2) is 30.6 Å². The van der Waals surface area contributed by atoms with Gasteiger partial charge in [0.05, 0.1) is 30.3 Å². The maximum atomic E-state index is 12.4. The van der Waals surface area contributed by atoms with Crippen LogP contribution in [0.25, 0.3) is 11.0 Å². The lowest BCUT2D eigenvalue weighted by Crippen LogP contribution is -2.42. The van der Waals surface area contributed by atoms with Gasteiger partial charge in [-0.05, 0) is 12.1 Å². The van der Waals surface area contributed by atoms with Crippen molar-refractivity contribution in [2.75, 3.05) is 13.2 Å². The van der Waals surface area contributed by atoms with Gasteiger partial charge in [0, 0.05) is 12.4 Å². The first-order chi connectivity index (χ1) is 10.2. The third kappa shape index (κ3) is 2.55. The molecule has 0 aliphatic carbocycles. The highest BCUT2D eigenvalue weighted by molar-refractivity contribution is 6.04. The summed E-state index contributed by atoms with van der Waals surface area (Å²) in [6, 6.07) is 4.57. The molecule has 7 nitrogen and oxygen atoms in total. The molecule has 0 saturated carbocycles. The summed E-state index contributed by atoms with van der Waals surface area (Å²) in [6.45, 7) is 0.300. The van der Waals surface area contributed by atoms with Crippen molar-refractivity contribution >= 4 is 22.9 Å². The second kappa shape index (κ2) is 5.45. The molecule has 1 aliphatic heterocycles. The number of carboxylic acids is 1. The van der Waals surface area contributed by atoms with Crippen LogP contribution in [0.3, 0.4) is 0 Å². The van der Waals surface area contributed by atoms with Crippen LogP contribution in [0, 0.1) is 5.92 Å². The molecule has 108 valence electrons. The van der Waals surface area contributed by atoms with Gasteiger partial charge in [-0.25, -0.2) is 0 Å². The number of para-hydroxylation sites is 1. The molecule has 1 amide bonds. The van der Waals surface area contributed by atoms with Crippen LogP contribution in [-0.2, 0) is 9.53 Å². The molecule has 1 aliphatic rings. The van der Waals surface area contributed by atoms with Gasteiger partial charge in [0.15, 0.2) is 0 Å². The fraction of sp³-hybridized carbons (Fsp3) is 0.286. The molecule has 0 bridgehead atoms. The van der Waals surface area contributed by atoms with Crippen LogP contribution in [0.1, 0.15) is 10.4 Å². The Hall–Kier alpha value is -2.54. The monoisotopic (exact) mass is 287 g/mol. The van der Waals surface area contributed by atoms with E-state index in [9.17, 15) is 9.59 Å². The Labute approximate surface area is 120 Å². The molecule has 2 N–H and O–H groups in total. The number of aliphatic carboxylic acids is 1. The van der Waals surface area contributed by atoms with Gasteiger partial charge in [-0.15, -0.1) is 0 Å². The Bertz CT molecular complexity index is 698. The fourth-order valence-electron chi connectivity index (χ4n) is 2.36. The Kier molecular flexibility index (Phi) is 3.49. The van der Waals surface area contributed by atoms with Gasteiger partial charge < -0.3 is 15.2 Å². The molecule has 2 atom stereocenters. The van der Waals surface area contributed by atoms with Crippen LogP contribution >= 0.6 is 0 Å². The summed E-state index contributed by atoms with van der Waals surface area (Å²) in [5.41, 5.74) is 1.47. The molecule has 21 heavy (non-hydrogen) atoms. The number of fused-ring (bicyclic) bond motifs is 1. The van der Waals surface area contributed by atoms with Crippen molar-refractivity contribution < 1.29 is 19.4 Å². The smallest absolute Gasteiger partial charge is 0.311 e. The summed E-state index contributed by atoms with van der Waals surface area (Å²) < 4.78 is 5.13. The van der Waals surface area contributed by atoms with Crippen LogP contribution < -0.4 is 5.32 Å². The topological polar surface area (TPSA) is 101 Å². The van der Waals surface area contributed by atoms with Crippen LogP contribution in [-0.4, -0.2) is 46.2 Å². The lowest BCUT2D eigenvalue weighted by molar-refractivity contribution is -0.142. The molecule has 7 heteroatoms. The number of carboxylic acid groups (broad SMARTS) is 1. The SMILES string of the molecule is O=C(NC1COCC1C(=O)O)c1cccc2nccnc12. The number of carbonyl (C=O) groups excluding carboxylic acids is 1. The van der Waals surface area contributed by atoms with E-state index in [4.69, 9.17) is 9.84 Å². The Morgan fingerprint density at radius 2 is 2.05 bits per heavy atom. The highest BCUT2D eigenvalue weighted by atomic mass is 16.5. The van der Waals surface area contributed by atoms with Gasteiger partial charge in [0.25, 0.3) is 5.91 Å². The largest absolute Gasteiger partial charge is 0.481 e. The first kappa shape index (κ1) is 13.4. The average Bonchev–Trinajstić information content (AvgIpc) is 2.95. The molecule has 3 rings (SSSR count). The lowest BCUT2D eigenvalue weighted by Gasteiger charge is -2.16. The maximum Gasteiger partial charge on any atom is 0.311 e. The molecular formula is C14H13N3O4. The number of ether oxygens (including phenoxy) is 1. The molecule has 1 aromatic heterocycles. The molecular weight excluding hydrogens is 274 g/mol. The van der Waals surface area contributed by atoms with Crippen molar-refractivity contribution in [1.29, 1.82) is 0 Å². The zero-order valence-electron chi connectivity index (χ0n) is 11.0. The summed E-state index contributed by atoms with van der Waals surface area (Å²) >= 11 is 0. The van der Waals surface area contributed by atoms with Gasteiger partial charge in [0.1, 0.15) is 11.4 Å². The fourth-order valence-corrected chi connectivity index (χ4v) is 2.36. The standard InChI is InChI=1S/C14H13N3O4/c18-13(17-11-7-21-6-9(11)14(19)20)8-2-1-3-10-12(8)16-5-4-15-10/h1-5,9,11H,6-7H2,(H,17,18)(H,19,20). The van der Waals surface area contributed by atoms with Gasteiger partial charge in [-0.2, -0.15) is 0 Å². The Balaban J connectivity index is 1.86. The van der Waals surface area contributed by atoms with Crippen molar-refractivity contribution in [1.82, 2.24) is 15.3 Å². The first-order valence-corrected chi connectivity index (χ1v) is 6.48. The summed E-state index contributed by atoms with van der Waals surface area (Å²) in [4.78, 5) is 31.7. The third-order valence-electron chi connectivity index (χ3n) is 3.46. The highest BCUT2D eigenvalue weighted by Crippen LogP contribution is 2.17. The summed E-state index contributed by atoms with van der Waals surface area (Å²) in [5, 5.41) is 11.8. The van der Waals surface area contributed by atoms with E-state index < -0.39 is 17.9 Å². The number of rotatable bonds is 3. The number of carbonyl (C=O) groups is 2. The first-order valence-electron chi connectivity index (χ1n) is 6.48. The molecule has 0 spiro atoms. The Morgan fingerprint density at radius 3 is 2.86 bits per heavy atom. The molecule has 1 saturated heterocycles. The molecule has 1 fully saturated rings. The van der Waals surface area contributed by atoms with E-state index >= 15 is 0 Å². The van der Waals surface area contributed by atoms with Gasteiger partial charge in [-0.1, -0.05) is 6.07 Å². The van der Waals surface area contributed by atoms with Gasteiger partial charge >= 0.3 is 5.97 Å². The van der Waals surface area contributed by atoms with E-state index in [0.717, 1.165) is 0 Å². The minimum absolute atomic E-state index is 0.107. The summed E-state index contributed by atoms with van der Waals surface area (Å²) in [7, 11) is 0. The predicted octanol–water partition coefficient (Wildman–Crippen LogP) is 0.459. The van der Waals surface area contributed by atoms with E-state index in [-0.39, 0.29) is 19.1 Å². The Morgan fingerprint density at radius 1 is 1.24 bits per heavy atom. The molecule has 2 unspecified atom stereocenters. The maximum absolute atomic E-state index is 12.4. The van der Waals surface area contributed by atoms with Crippen molar-refractivity contribution in [3.8, 4) is 0 Å². The molecule has 2 heterocycles.